The van der Waals surface area contributed by atoms with Crippen molar-refractivity contribution in [2.24, 2.45) is 0 Å². The van der Waals surface area contributed by atoms with Crippen LogP contribution in [0.1, 0.15) is 10.4 Å². The molecule has 1 amide bonds. The van der Waals surface area contributed by atoms with Gasteiger partial charge >= 0.3 is 0 Å². The molecule has 0 spiro atoms. The third kappa shape index (κ3) is 2.72. The number of nitrogens with one attached hydrogen (secondary N) is 1. The molecule has 0 radical (unpaired) electrons. The first-order valence-electron chi connectivity index (χ1n) is 4.69. The van der Waals surface area contributed by atoms with Crippen LogP contribution in [0.4, 0.5) is 5.69 Å². The fraction of sp³-hybridized carbons (Fsp3) is 0. The van der Waals surface area contributed by atoms with E-state index >= 15 is 0 Å². The van der Waals surface area contributed by atoms with Gasteiger partial charge in [-0.15, -0.1) is 0 Å². The maximum Gasteiger partial charge on any atom is 0.258 e. The lowest BCUT2D eigenvalue weighted by molar-refractivity contribution is 0.102. The number of carbonyl (C=O) groups excluding carboxylic acids is 1. The lowest BCUT2D eigenvalue weighted by Gasteiger charge is -2.06. The minimum Gasteiger partial charge on any atom is -0.319 e. The van der Waals surface area contributed by atoms with E-state index in [-0.39, 0.29) is 11.5 Å². The Hall–Kier alpha value is -1.65. The van der Waals surface area contributed by atoms with Crippen LogP contribution in [0.25, 0.3) is 0 Å². The van der Waals surface area contributed by atoms with Gasteiger partial charge in [-0.25, -0.2) is 0 Å². The second-order valence-electron chi connectivity index (χ2n) is 3.17. The lowest BCUT2D eigenvalue weighted by Crippen LogP contribution is -2.13. The summed E-state index contributed by atoms with van der Waals surface area (Å²) in [4.78, 5) is 19.6. The van der Waals surface area contributed by atoms with Crippen LogP contribution in [-0.4, -0.2) is 15.9 Å². The van der Waals surface area contributed by atoms with Crippen LogP contribution >= 0.6 is 23.2 Å². The number of hydrogen-bond acceptors (Lipinski definition) is 3. The van der Waals surface area contributed by atoms with Crippen molar-refractivity contribution >= 4 is 34.8 Å². The Balaban J connectivity index is 2.24. The highest BCUT2D eigenvalue weighted by atomic mass is 35.5. The second kappa shape index (κ2) is 5.12. The summed E-state index contributed by atoms with van der Waals surface area (Å²) in [5.74, 6) is -0.377. The summed E-state index contributed by atoms with van der Waals surface area (Å²) >= 11 is 11.8. The van der Waals surface area contributed by atoms with Crippen molar-refractivity contribution in [2.75, 3.05) is 5.32 Å². The second-order valence-corrected chi connectivity index (χ2v) is 3.98. The third-order valence-electron chi connectivity index (χ3n) is 2.03. The summed E-state index contributed by atoms with van der Waals surface area (Å²) in [5.41, 5.74) is 0.716. The molecule has 0 atom stereocenters. The number of aromatic nitrogens is 2. The summed E-state index contributed by atoms with van der Waals surface area (Å²) in [6.45, 7) is 0. The highest BCUT2D eigenvalue weighted by molar-refractivity contribution is 6.35. The van der Waals surface area contributed by atoms with E-state index in [1.54, 1.807) is 12.1 Å². The van der Waals surface area contributed by atoms with Gasteiger partial charge in [0.25, 0.3) is 5.91 Å². The Labute approximate surface area is 108 Å². The lowest BCUT2D eigenvalue weighted by atomic mass is 10.2. The predicted molar refractivity (Wildman–Crippen MR) is 66.4 cm³/mol. The van der Waals surface area contributed by atoms with Crippen molar-refractivity contribution in [2.45, 2.75) is 0 Å². The van der Waals surface area contributed by atoms with Crippen LogP contribution in [0.2, 0.25) is 10.0 Å². The topological polar surface area (TPSA) is 54.9 Å². The zero-order valence-corrected chi connectivity index (χ0v) is 10.0. The first-order chi connectivity index (χ1) is 8.18. The highest BCUT2D eigenvalue weighted by Crippen LogP contribution is 2.21. The van der Waals surface area contributed by atoms with Crippen molar-refractivity contribution in [1.29, 1.82) is 0 Å². The van der Waals surface area contributed by atoms with Gasteiger partial charge in [0, 0.05) is 18.6 Å². The summed E-state index contributed by atoms with van der Waals surface area (Å²) in [6.07, 6.45) is 5.90. The number of amides is 1. The van der Waals surface area contributed by atoms with Gasteiger partial charge in [0.1, 0.15) is 0 Å². The van der Waals surface area contributed by atoms with E-state index in [2.05, 4.69) is 15.3 Å². The predicted octanol–water partition coefficient (Wildman–Crippen LogP) is 3.04. The zero-order valence-electron chi connectivity index (χ0n) is 8.52. The van der Waals surface area contributed by atoms with E-state index < -0.39 is 0 Å². The summed E-state index contributed by atoms with van der Waals surface area (Å²) in [7, 11) is 0. The third-order valence-corrected chi connectivity index (χ3v) is 2.69. The van der Waals surface area contributed by atoms with Gasteiger partial charge in [0.2, 0.25) is 0 Å². The van der Waals surface area contributed by atoms with Crippen LogP contribution in [0.5, 0.6) is 0 Å². The van der Waals surface area contributed by atoms with Crippen LogP contribution in [0.15, 0.2) is 36.9 Å². The van der Waals surface area contributed by atoms with Crippen molar-refractivity contribution in [3.8, 4) is 0 Å². The minimum atomic E-state index is -0.377. The molecule has 0 aliphatic carbocycles. The van der Waals surface area contributed by atoms with Crippen LogP contribution in [0.3, 0.4) is 0 Å². The molecule has 0 unspecified atom stereocenters. The highest BCUT2D eigenvalue weighted by Gasteiger charge is 2.11. The summed E-state index contributed by atoms with van der Waals surface area (Å²) in [6, 6.07) is 3.13. The molecule has 0 aromatic carbocycles. The molecule has 17 heavy (non-hydrogen) atoms. The molecular weight excluding hydrogens is 261 g/mol. The van der Waals surface area contributed by atoms with Crippen LogP contribution < -0.4 is 5.32 Å². The van der Waals surface area contributed by atoms with Crippen molar-refractivity contribution in [3.05, 3.63) is 52.5 Å². The van der Waals surface area contributed by atoms with E-state index in [0.29, 0.717) is 15.7 Å². The molecule has 0 saturated heterocycles. The van der Waals surface area contributed by atoms with Gasteiger partial charge in [-0.05, 0) is 12.1 Å². The average Bonchev–Trinajstić information content (AvgIpc) is 2.32. The number of hydrogen-bond donors (Lipinski definition) is 1. The SMILES string of the molecule is O=C(Nc1cnccc1Cl)c1cnccc1Cl. The van der Waals surface area contributed by atoms with Gasteiger partial charge in [-0.1, -0.05) is 23.2 Å². The normalized spacial score (nSPS) is 10.0. The summed E-state index contributed by atoms with van der Waals surface area (Å²) in [5, 5.41) is 3.35. The average molecular weight is 268 g/mol. The summed E-state index contributed by atoms with van der Waals surface area (Å²) < 4.78 is 0. The van der Waals surface area contributed by atoms with Gasteiger partial charge in [0.05, 0.1) is 27.5 Å². The molecule has 2 heterocycles. The molecule has 0 saturated carbocycles. The molecule has 2 rings (SSSR count). The fourth-order valence-electron chi connectivity index (χ4n) is 1.20. The van der Waals surface area contributed by atoms with E-state index in [4.69, 9.17) is 23.2 Å². The van der Waals surface area contributed by atoms with Gasteiger partial charge in [-0.2, -0.15) is 0 Å². The molecular formula is C11H7Cl2N3O. The van der Waals surface area contributed by atoms with Crippen molar-refractivity contribution in [1.82, 2.24) is 9.97 Å². The van der Waals surface area contributed by atoms with Gasteiger partial charge in [-0.3, -0.25) is 14.8 Å². The maximum atomic E-state index is 11.9. The molecule has 86 valence electrons. The minimum absolute atomic E-state index is 0.286. The van der Waals surface area contributed by atoms with Gasteiger partial charge in [0.15, 0.2) is 0 Å². The number of rotatable bonds is 2. The quantitative estimate of drug-likeness (QED) is 0.910. The molecule has 0 aliphatic rings. The Bertz CT molecular complexity index is 560. The Morgan fingerprint density at radius 1 is 1.06 bits per heavy atom. The molecule has 2 aromatic rings. The van der Waals surface area contributed by atoms with Crippen LogP contribution in [0, 0.1) is 0 Å². The van der Waals surface area contributed by atoms with Crippen LogP contribution in [-0.2, 0) is 0 Å². The molecule has 2 aromatic heterocycles. The standard InChI is InChI=1S/C11H7Cl2N3O/c12-8-1-3-14-5-7(8)11(17)16-10-6-15-4-2-9(10)13/h1-6H,(H,16,17). The first-order valence-corrected chi connectivity index (χ1v) is 5.44. The van der Waals surface area contributed by atoms with Gasteiger partial charge < -0.3 is 5.32 Å². The Morgan fingerprint density at radius 3 is 2.35 bits per heavy atom. The largest absolute Gasteiger partial charge is 0.319 e. The maximum absolute atomic E-state index is 11.9. The number of pyridine rings is 2. The Morgan fingerprint density at radius 2 is 1.71 bits per heavy atom. The molecule has 4 nitrogen and oxygen atoms in total. The van der Waals surface area contributed by atoms with E-state index in [1.165, 1.54) is 24.8 Å². The van der Waals surface area contributed by atoms with E-state index in [1.807, 2.05) is 0 Å². The molecule has 0 bridgehead atoms. The monoisotopic (exact) mass is 267 g/mol. The zero-order chi connectivity index (χ0) is 12.3. The first kappa shape index (κ1) is 11.8. The van der Waals surface area contributed by atoms with E-state index in [0.717, 1.165) is 0 Å². The molecule has 0 aliphatic heterocycles. The van der Waals surface area contributed by atoms with Crippen molar-refractivity contribution in [3.63, 3.8) is 0 Å². The number of anilines is 1. The molecule has 6 heteroatoms. The number of halogens is 2. The Kier molecular flexibility index (Phi) is 3.56. The molecule has 0 fully saturated rings. The van der Waals surface area contributed by atoms with Crippen molar-refractivity contribution < 1.29 is 4.79 Å². The number of nitrogens with zero attached hydrogens (tertiary/aromatic N) is 2. The fourth-order valence-corrected chi connectivity index (χ4v) is 1.55. The molecule has 1 N–H and O–H groups in total. The smallest absolute Gasteiger partial charge is 0.258 e. The number of carbonyl (C=O) groups is 1. The van der Waals surface area contributed by atoms with E-state index in [9.17, 15) is 4.79 Å².